The molecule has 8 heavy (non-hydrogen) atoms. The third-order valence-electron chi connectivity index (χ3n) is 1.05. The third-order valence-corrected chi connectivity index (χ3v) is 1.05. The molecule has 3 heteroatoms. The van der Waals surface area contributed by atoms with Gasteiger partial charge in [-0.2, -0.15) is 0 Å². The van der Waals surface area contributed by atoms with Gasteiger partial charge in [0.25, 0.3) is 0 Å². The van der Waals surface area contributed by atoms with Crippen molar-refractivity contribution in [3.63, 3.8) is 0 Å². The summed E-state index contributed by atoms with van der Waals surface area (Å²) in [4.78, 5) is 10.4. The summed E-state index contributed by atoms with van der Waals surface area (Å²) in [6.45, 7) is 1.28. The summed E-state index contributed by atoms with van der Waals surface area (Å²) in [5, 5.41) is 0. The molecule has 1 aliphatic heterocycles. The Hall–Kier alpha value is -0.410. The molecular formula is C5H11NO2. The van der Waals surface area contributed by atoms with Crippen molar-refractivity contribution >= 4 is 5.78 Å². The van der Waals surface area contributed by atoms with Crippen LogP contribution >= 0.6 is 0 Å². The topological polar surface area (TPSA) is 61.3 Å². The van der Waals surface area contributed by atoms with Gasteiger partial charge in [-0.15, -0.1) is 0 Å². The van der Waals surface area contributed by atoms with Crippen LogP contribution in [0.1, 0.15) is 12.8 Å². The highest BCUT2D eigenvalue weighted by molar-refractivity contribution is 5.78. The molecule has 0 aromatic rings. The molecule has 1 saturated heterocycles. The monoisotopic (exact) mass is 117 g/mol. The second-order valence-corrected chi connectivity index (χ2v) is 1.65. The van der Waals surface area contributed by atoms with Crippen LogP contribution in [0.3, 0.4) is 0 Å². The summed E-state index contributed by atoms with van der Waals surface area (Å²) >= 11 is 0. The first-order valence-electron chi connectivity index (χ1n) is 2.49. The molecule has 3 N–H and O–H groups in total. The predicted octanol–water partition coefficient (Wildman–Crippen LogP) is 0.528. The van der Waals surface area contributed by atoms with Crippen molar-refractivity contribution in [2.75, 3.05) is 13.2 Å². The molecule has 0 aromatic carbocycles. The van der Waals surface area contributed by atoms with E-state index in [0.717, 1.165) is 0 Å². The number of ketones is 1. The molecule has 1 heterocycles. The van der Waals surface area contributed by atoms with Gasteiger partial charge in [-0.1, -0.05) is 0 Å². The molecule has 1 rings (SSSR count). The fourth-order valence-electron chi connectivity index (χ4n) is 0.599. The van der Waals surface area contributed by atoms with E-state index in [1.807, 2.05) is 0 Å². The van der Waals surface area contributed by atoms with Crippen LogP contribution < -0.4 is 6.15 Å². The smallest absolute Gasteiger partial charge is 0.137 e. The van der Waals surface area contributed by atoms with Gasteiger partial charge in [-0.25, -0.2) is 0 Å². The molecule has 0 unspecified atom stereocenters. The van der Waals surface area contributed by atoms with E-state index < -0.39 is 0 Å². The van der Waals surface area contributed by atoms with Crippen molar-refractivity contribution in [1.82, 2.24) is 6.15 Å². The Kier molecular flexibility index (Phi) is 3.39. The molecule has 0 spiro atoms. The molecule has 0 atom stereocenters. The summed E-state index contributed by atoms with van der Waals surface area (Å²) < 4.78 is 4.92. The van der Waals surface area contributed by atoms with Gasteiger partial charge < -0.3 is 10.9 Å². The molecule has 3 nitrogen and oxygen atoms in total. The Labute approximate surface area is 48.6 Å². The molecule has 48 valence electrons. The average Bonchev–Trinajstić information content (AvgIpc) is 1.69. The molecule has 0 radical (unpaired) electrons. The van der Waals surface area contributed by atoms with E-state index in [4.69, 9.17) is 4.74 Å². The van der Waals surface area contributed by atoms with Crippen molar-refractivity contribution < 1.29 is 9.53 Å². The zero-order valence-corrected chi connectivity index (χ0v) is 4.85. The number of carbonyl (C=O) groups is 1. The Balaban J connectivity index is 0.000000490. The number of ether oxygens (including phenoxy) is 1. The van der Waals surface area contributed by atoms with Gasteiger partial charge in [-0.3, -0.25) is 4.79 Å². The van der Waals surface area contributed by atoms with Gasteiger partial charge >= 0.3 is 0 Å². The Morgan fingerprint density at radius 2 is 1.75 bits per heavy atom. The molecule has 0 amide bonds. The summed E-state index contributed by atoms with van der Waals surface area (Å²) in [7, 11) is 0. The van der Waals surface area contributed by atoms with Crippen molar-refractivity contribution in [3.05, 3.63) is 0 Å². The van der Waals surface area contributed by atoms with Crippen molar-refractivity contribution in [2.45, 2.75) is 12.8 Å². The summed E-state index contributed by atoms with van der Waals surface area (Å²) in [6, 6.07) is 0. The summed E-state index contributed by atoms with van der Waals surface area (Å²) in [5.41, 5.74) is 0. The molecule has 0 aromatic heterocycles. The minimum atomic E-state index is 0. The Morgan fingerprint density at radius 3 is 2.00 bits per heavy atom. The third kappa shape index (κ3) is 2.04. The van der Waals surface area contributed by atoms with Crippen LogP contribution in [0.4, 0.5) is 0 Å². The fraction of sp³-hybridized carbons (Fsp3) is 0.800. The predicted molar refractivity (Wildman–Crippen MR) is 30.1 cm³/mol. The van der Waals surface area contributed by atoms with Gasteiger partial charge in [0.15, 0.2) is 0 Å². The lowest BCUT2D eigenvalue weighted by Gasteiger charge is -2.07. The zero-order chi connectivity index (χ0) is 5.11. The van der Waals surface area contributed by atoms with Gasteiger partial charge in [0, 0.05) is 12.8 Å². The first kappa shape index (κ1) is 7.59. The molecule has 1 aliphatic rings. The van der Waals surface area contributed by atoms with Crippen molar-refractivity contribution in [3.8, 4) is 0 Å². The summed E-state index contributed by atoms with van der Waals surface area (Å²) in [6.07, 6.45) is 1.25. The maximum atomic E-state index is 10.4. The van der Waals surface area contributed by atoms with Gasteiger partial charge in [0.1, 0.15) is 5.78 Å². The molecule has 0 saturated carbocycles. The number of hydrogen-bond donors (Lipinski definition) is 1. The number of carbonyl (C=O) groups excluding carboxylic acids is 1. The van der Waals surface area contributed by atoms with E-state index in [2.05, 4.69) is 0 Å². The average molecular weight is 117 g/mol. The van der Waals surface area contributed by atoms with Gasteiger partial charge in [-0.05, 0) is 0 Å². The highest BCUT2D eigenvalue weighted by atomic mass is 16.5. The maximum Gasteiger partial charge on any atom is 0.137 e. The van der Waals surface area contributed by atoms with E-state index in [1.165, 1.54) is 0 Å². The van der Waals surface area contributed by atoms with Crippen LogP contribution in [0.25, 0.3) is 0 Å². The van der Waals surface area contributed by atoms with E-state index in [-0.39, 0.29) is 6.15 Å². The van der Waals surface area contributed by atoms with Crippen LogP contribution in [-0.2, 0) is 9.53 Å². The van der Waals surface area contributed by atoms with Crippen LogP contribution in [0.2, 0.25) is 0 Å². The second-order valence-electron chi connectivity index (χ2n) is 1.65. The Bertz CT molecular complexity index is 74.5. The number of rotatable bonds is 0. The zero-order valence-electron chi connectivity index (χ0n) is 4.85. The van der Waals surface area contributed by atoms with E-state index in [9.17, 15) is 4.79 Å². The molecule has 0 bridgehead atoms. The first-order valence-corrected chi connectivity index (χ1v) is 2.49. The number of Topliss-reactive ketones (excluding diaryl/α,β-unsaturated/α-hetero) is 1. The van der Waals surface area contributed by atoms with Crippen LogP contribution in [-0.4, -0.2) is 19.0 Å². The van der Waals surface area contributed by atoms with E-state index in [1.54, 1.807) is 0 Å². The van der Waals surface area contributed by atoms with Crippen LogP contribution in [0.15, 0.2) is 0 Å². The maximum absolute atomic E-state index is 10.4. The minimum Gasteiger partial charge on any atom is -0.381 e. The largest absolute Gasteiger partial charge is 0.381 e. The molecule has 0 aliphatic carbocycles. The van der Waals surface area contributed by atoms with Crippen LogP contribution in [0, 0.1) is 0 Å². The molecule has 1 fully saturated rings. The fourth-order valence-corrected chi connectivity index (χ4v) is 0.599. The van der Waals surface area contributed by atoms with Crippen molar-refractivity contribution in [2.24, 2.45) is 0 Å². The SMILES string of the molecule is N.O=C1CCOCC1. The van der Waals surface area contributed by atoms with Gasteiger partial charge in [0.05, 0.1) is 13.2 Å². The number of hydrogen-bond acceptors (Lipinski definition) is 3. The van der Waals surface area contributed by atoms with Gasteiger partial charge in [0.2, 0.25) is 0 Å². The lowest BCUT2D eigenvalue weighted by molar-refractivity contribution is -0.124. The standard InChI is InChI=1S/C5H8O2.H3N/c6-5-1-3-7-4-2-5;/h1-4H2;1H3. The normalized spacial score (nSPS) is 19.8. The Morgan fingerprint density at radius 1 is 1.25 bits per heavy atom. The molecular weight excluding hydrogens is 106 g/mol. The van der Waals surface area contributed by atoms with Crippen LogP contribution in [0.5, 0.6) is 0 Å². The second kappa shape index (κ2) is 3.57. The summed E-state index contributed by atoms with van der Waals surface area (Å²) in [5.74, 6) is 0.339. The van der Waals surface area contributed by atoms with E-state index in [0.29, 0.717) is 31.8 Å². The lowest BCUT2D eigenvalue weighted by atomic mass is 10.2. The highest BCUT2D eigenvalue weighted by Crippen LogP contribution is 1.98. The minimum absolute atomic E-state index is 0. The van der Waals surface area contributed by atoms with Crippen molar-refractivity contribution in [1.29, 1.82) is 0 Å². The first-order chi connectivity index (χ1) is 3.39. The highest BCUT2D eigenvalue weighted by Gasteiger charge is 2.06. The lowest BCUT2D eigenvalue weighted by Crippen LogP contribution is -2.14. The quantitative estimate of drug-likeness (QED) is 0.503. The van der Waals surface area contributed by atoms with E-state index >= 15 is 0 Å².